The number of imidazole rings is 1. The number of rotatable bonds is 12. The van der Waals surface area contributed by atoms with E-state index in [9.17, 15) is 20.1 Å². The van der Waals surface area contributed by atoms with E-state index in [-0.39, 0.29) is 30.3 Å². The summed E-state index contributed by atoms with van der Waals surface area (Å²) in [6.07, 6.45) is 5.23. The minimum absolute atomic E-state index is 0.0197. The number of phenolic OH excluding ortho intramolecular Hbond substituents is 1. The van der Waals surface area contributed by atoms with E-state index in [4.69, 9.17) is 15.0 Å². The first-order valence-electron chi connectivity index (χ1n) is 18.9. The summed E-state index contributed by atoms with van der Waals surface area (Å²) in [4.78, 5) is 29.8. The lowest BCUT2D eigenvalue weighted by Gasteiger charge is -2.22. The number of carbonyl (C=O) groups excluding carboxylic acids is 1. The number of carbonyl (C=O) groups is 1. The molecule has 6 N–H and O–H groups in total. The Morgan fingerprint density at radius 2 is 1.67 bits per heavy atom. The SMILES string of the molecule is CCc1cnn([C@H]2C[C@@H](n3cnc4c(NCC(c5ccccc5)c5ccccc5)nc(N5CC[C@H](NC(=O)NCc6cccc(O)c6)C5)nc43)[C@H](O)[C@@H]2O)c1. The van der Waals surface area contributed by atoms with E-state index < -0.39 is 24.3 Å². The van der Waals surface area contributed by atoms with Crippen LogP contribution < -0.4 is 20.9 Å². The molecule has 14 heteroatoms. The monoisotopic (exact) mass is 742 g/mol. The van der Waals surface area contributed by atoms with Crippen LogP contribution in [0.5, 0.6) is 5.75 Å². The molecule has 1 aliphatic carbocycles. The van der Waals surface area contributed by atoms with E-state index >= 15 is 0 Å². The number of benzene rings is 3. The molecule has 0 bridgehead atoms. The van der Waals surface area contributed by atoms with Gasteiger partial charge in [-0.2, -0.15) is 15.1 Å². The highest BCUT2D eigenvalue weighted by Gasteiger charge is 2.44. The van der Waals surface area contributed by atoms with Crippen LogP contribution in [0.3, 0.4) is 0 Å². The molecule has 1 aliphatic heterocycles. The van der Waals surface area contributed by atoms with Gasteiger partial charge >= 0.3 is 6.03 Å². The maximum atomic E-state index is 12.9. The summed E-state index contributed by atoms with van der Waals surface area (Å²) >= 11 is 0. The number of fused-ring (bicyclic) bond motifs is 1. The number of aliphatic hydroxyl groups is 2. The molecule has 6 aromatic rings. The van der Waals surface area contributed by atoms with Gasteiger partial charge in [0.15, 0.2) is 17.0 Å². The van der Waals surface area contributed by atoms with Gasteiger partial charge in [-0.05, 0) is 53.6 Å². The third kappa shape index (κ3) is 7.68. The van der Waals surface area contributed by atoms with Crippen molar-refractivity contribution in [1.29, 1.82) is 0 Å². The predicted molar refractivity (Wildman–Crippen MR) is 209 cm³/mol. The molecule has 0 radical (unpaired) electrons. The van der Waals surface area contributed by atoms with Gasteiger partial charge < -0.3 is 40.7 Å². The number of nitrogens with zero attached hydrogens (tertiary/aromatic N) is 7. The first-order valence-corrected chi connectivity index (χ1v) is 18.9. The fraction of sp³-hybridized carbons (Fsp3) is 0.341. The second kappa shape index (κ2) is 15.8. The number of aromatic nitrogens is 6. The summed E-state index contributed by atoms with van der Waals surface area (Å²) in [5.74, 6) is 1.20. The Kier molecular flexibility index (Phi) is 10.3. The number of nitrogens with one attached hydrogen (secondary N) is 3. The fourth-order valence-corrected chi connectivity index (χ4v) is 7.82. The molecule has 2 fully saturated rings. The van der Waals surface area contributed by atoms with Crippen LogP contribution in [0.4, 0.5) is 16.6 Å². The molecule has 55 heavy (non-hydrogen) atoms. The summed E-state index contributed by atoms with van der Waals surface area (Å²) in [6, 6.07) is 26.1. The summed E-state index contributed by atoms with van der Waals surface area (Å²) < 4.78 is 3.61. The molecular formula is C41H46N10O4. The van der Waals surface area contributed by atoms with E-state index in [2.05, 4.69) is 52.2 Å². The molecular weight excluding hydrogens is 697 g/mol. The van der Waals surface area contributed by atoms with Crippen molar-refractivity contribution in [3.05, 3.63) is 126 Å². The van der Waals surface area contributed by atoms with Crippen molar-refractivity contribution < 1.29 is 20.1 Å². The molecule has 2 amide bonds. The maximum absolute atomic E-state index is 12.9. The fourth-order valence-electron chi connectivity index (χ4n) is 7.82. The average molecular weight is 743 g/mol. The van der Waals surface area contributed by atoms with Crippen molar-refractivity contribution in [3.63, 3.8) is 0 Å². The van der Waals surface area contributed by atoms with Crippen molar-refractivity contribution in [1.82, 2.24) is 39.9 Å². The summed E-state index contributed by atoms with van der Waals surface area (Å²) in [7, 11) is 0. The molecule has 14 nitrogen and oxygen atoms in total. The van der Waals surface area contributed by atoms with Crippen molar-refractivity contribution in [2.24, 2.45) is 0 Å². The molecule has 0 spiro atoms. The average Bonchev–Trinajstić information content (AvgIpc) is 4.02. The third-order valence-corrected chi connectivity index (χ3v) is 10.8. The number of anilines is 2. The lowest BCUT2D eigenvalue weighted by Crippen LogP contribution is -2.43. The van der Waals surface area contributed by atoms with Crippen LogP contribution in [0.1, 0.15) is 60.0 Å². The van der Waals surface area contributed by atoms with E-state index in [1.54, 1.807) is 35.4 Å². The van der Waals surface area contributed by atoms with Gasteiger partial charge in [-0.3, -0.25) is 4.68 Å². The number of hydrogen-bond donors (Lipinski definition) is 6. The van der Waals surface area contributed by atoms with Crippen LogP contribution in [0.2, 0.25) is 0 Å². The summed E-state index contributed by atoms with van der Waals surface area (Å²) in [5.41, 5.74) is 5.27. The van der Waals surface area contributed by atoms with Gasteiger partial charge in [0, 0.05) is 44.3 Å². The van der Waals surface area contributed by atoms with Crippen LogP contribution in [0.15, 0.2) is 104 Å². The van der Waals surface area contributed by atoms with Crippen molar-refractivity contribution in [2.45, 2.75) is 69.0 Å². The number of hydrogen-bond acceptors (Lipinski definition) is 10. The zero-order chi connectivity index (χ0) is 37.9. The van der Waals surface area contributed by atoms with Gasteiger partial charge in [-0.15, -0.1) is 0 Å². The molecule has 5 atom stereocenters. The van der Waals surface area contributed by atoms with Crippen LogP contribution in [-0.2, 0) is 13.0 Å². The molecule has 4 heterocycles. The molecule has 284 valence electrons. The highest BCUT2D eigenvalue weighted by molar-refractivity contribution is 5.84. The van der Waals surface area contributed by atoms with Crippen molar-refractivity contribution in [3.8, 4) is 5.75 Å². The molecule has 0 unspecified atom stereocenters. The Balaban J connectivity index is 1.07. The lowest BCUT2D eigenvalue weighted by atomic mass is 9.91. The van der Waals surface area contributed by atoms with E-state index in [0.29, 0.717) is 55.4 Å². The molecule has 1 saturated carbocycles. The number of aryl methyl sites for hydroxylation is 1. The van der Waals surface area contributed by atoms with E-state index in [1.165, 1.54) is 0 Å². The van der Waals surface area contributed by atoms with Crippen molar-refractivity contribution >= 4 is 29.0 Å². The van der Waals surface area contributed by atoms with Gasteiger partial charge in [-0.1, -0.05) is 79.7 Å². The van der Waals surface area contributed by atoms with Crippen LogP contribution in [-0.4, -0.2) is 88.5 Å². The Morgan fingerprint density at radius 1 is 0.927 bits per heavy atom. The van der Waals surface area contributed by atoms with Crippen LogP contribution >= 0.6 is 0 Å². The third-order valence-electron chi connectivity index (χ3n) is 10.8. The van der Waals surface area contributed by atoms with Gasteiger partial charge in [0.05, 0.1) is 24.6 Å². The number of urea groups is 1. The zero-order valence-corrected chi connectivity index (χ0v) is 30.6. The highest BCUT2D eigenvalue weighted by atomic mass is 16.3. The van der Waals surface area contributed by atoms with Gasteiger partial charge in [0.2, 0.25) is 5.95 Å². The normalized spacial score (nSPS) is 21.0. The van der Waals surface area contributed by atoms with Crippen molar-refractivity contribution in [2.75, 3.05) is 29.9 Å². The van der Waals surface area contributed by atoms with E-state index in [1.807, 2.05) is 58.1 Å². The van der Waals surface area contributed by atoms with Gasteiger partial charge in [0.1, 0.15) is 18.0 Å². The number of phenols is 1. The molecule has 2 aliphatic rings. The largest absolute Gasteiger partial charge is 0.508 e. The maximum Gasteiger partial charge on any atom is 0.315 e. The molecule has 3 aromatic heterocycles. The summed E-state index contributed by atoms with van der Waals surface area (Å²) in [6.45, 7) is 3.96. The Morgan fingerprint density at radius 3 is 2.38 bits per heavy atom. The molecule has 8 rings (SSSR count). The Bertz CT molecular complexity index is 2190. The smallest absolute Gasteiger partial charge is 0.315 e. The Labute approximate surface area is 318 Å². The standard InChI is InChI=1S/C41H46N10O4/c1-2-26-21-45-51(23-26)34-19-33(36(53)37(34)54)50-25-44-35-38(42-22-32(28-11-5-3-6-12-28)29-13-7-4-8-14-29)47-40(48-39(35)50)49-17-16-30(24-49)46-41(55)43-20-27-10-9-15-31(52)18-27/h3-15,18,21,23,25,30,32-34,36-37,52-54H,2,16-17,19-20,22,24H2,1H3,(H,42,47,48)(H2,43,46,55)/t30-,33+,34-,36-,37+/m0/s1. The Hall–Kier alpha value is -5.99. The minimum atomic E-state index is -1.08. The van der Waals surface area contributed by atoms with E-state index in [0.717, 1.165) is 28.7 Å². The first-order chi connectivity index (χ1) is 26.8. The second-order valence-electron chi connectivity index (χ2n) is 14.4. The van der Waals surface area contributed by atoms with Gasteiger partial charge in [-0.25, -0.2) is 9.78 Å². The van der Waals surface area contributed by atoms with Crippen LogP contribution in [0, 0.1) is 0 Å². The number of aromatic hydroxyl groups is 1. The van der Waals surface area contributed by atoms with Crippen LogP contribution in [0.25, 0.3) is 11.2 Å². The number of aliphatic hydroxyl groups excluding tert-OH is 2. The number of amides is 2. The first kappa shape index (κ1) is 36.0. The zero-order valence-electron chi connectivity index (χ0n) is 30.6. The second-order valence-corrected chi connectivity index (χ2v) is 14.4. The molecule has 1 saturated heterocycles. The summed E-state index contributed by atoms with van der Waals surface area (Å²) in [5, 5.41) is 46.5. The predicted octanol–water partition coefficient (Wildman–Crippen LogP) is 4.52. The highest BCUT2D eigenvalue weighted by Crippen LogP contribution is 2.40. The minimum Gasteiger partial charge on any atom is -0.508 e. The quantitative estimate of drug-likeness (QED) is 0.105. The topological polar surface area (TPSA) is 179 Å². The molecule has 3 aromatic carbocycles. The van der Waals surface area contributed by atoms with Gasteiger partial charge in [0.25, 0.3) is 0 Å². The lowest BCUT2D eigenvalue weighted by molar-refractivity contribution is 0.00721.